The molecule has 0 bridgehead atoms. The number of hydrogen-bond donors (Lipinski definition) is 2. The summed E-state index contributed by atoms with van der Waals surface area (Å²) < 4.78 is 5.11. The Morgan fingerprint density at radius 1 is 1.35 bits per heavy atom. The van der Waals surface area contributed by atoms with E-state index in [0.29, 0.717) is 18.8 Å². The molecule has 0 aromatic carbocycles. The number of nitrogens with zero attached hydrogens (tertiary/aromatic N) is 1. The van der Waals surface area contributed by atoms with Gasteiger partial charge in [0, 0.05) is 25.2 Å². The van der Waals surface area contributed by atoms with Crippen molar-refractivity contribution in [1.29, 1.82) is 0 Å². The van der Waals surface area contributed by atoms with Gasteiger partial charge in [0.15, 0.2) is 5.76 Å². The third kappa shape index (κ3) is 3.76. The lowest BCUT2D eigenvalue weighted by Crippen LogP contribution is -2.50. The molecule has 1 aromatic rings. The lowest BCUT2D eigenvalue weighted by molar-refractivity contribution is 0.0676. The predicted octanol–water partition coefficient (Wildman–Crippen LogP) is 1.59. The largest absolute Gasteiger partial charge is 0.459 e. The molecule has 3 amide bonds. The van der Waals surface area contributed by atoms with Crippen LogP contribution in [0.2, 0.25) is 0 Å². The molecule has 0 spiro atoms. The Bertz CT molecular complexity index is 448. The summed E-state index contributed by atoms with van der Waals surface area (Å²) in [4.78, 5) is 25.4. The van der Waals surface area contributed by atoms with Crippen molar-refractivity contribution in [3.05, 3.63) is 24.2 Å². The second-order valence-corrected chi connectivity index (χ2v) is 5.32. The number of likely N-dealkylation sites (tertiary alicyclic amines) is 1. The van der Waals surface area contributed by atoms with E-state index in [1.807, 2.05) is 13.8 Å². The van der Waals surface area contributed by atoms with E-state index in [4.69, 9.17) is 4.42 Å². The van der Waals surface area contributed by atoms with Crippen LogP contribution in [0.25, 0.3) is 0 Å². The molecule has 2 heterocycles. The van der Waals surface area contributed by atoms with Gasteiger partial charge in [-0.2, -0.15) is 0 Å². The van der Waals surface area contributed by atoms with Gasteiger partial charge in [0.25, 0.3) is 5.91 Å². The van der Waals surface area contributed by atoms with Crippen LogP contribution in [0.5, 0.6) is 0 Å². The molecule has 6 heteroatoms. The highest BCUT2D eigenvalue weighted by molar-refractivity contribution is 5.91. The highest BCUT2D eigenvalue weighted by Crippen LogP contribution is 2.14. The number of furan rings is 1. The van der Waals surface area contributed by atoms with Crippen LogP contribution in [0.3, 0.4) is 0 Å². The number of piperidine rings is 1. The zero-order valence-electron chi connectivity index (χ0n) is 11.9. The zero-order valence-corrected chi connectivity index (χ0v) is 11.9. The normalized spacial score (nSPS) is 16.2. The highest BCUT2D eigenvalue weighted by atomic mass is 16.3. The topological polar surface area (TPSA) is 74.6 Å². The Balaban J connectivity index is 1.78. The van der Waals surface area contributed by atoms with Crippen LogP contribution in [-0.4, -0.2) is 42.0 Å². The molecular weight excluding hydrogens is 258 g/mol. The summed E-state index contributed by atoms with van der Waals surface area (Å²) in [5.41, 5.74) is 0. The fraction of sp³-hybridized carbons (Fsp3) is 0.571. The van der Waals surface area contributed by atoms with Crippen LogP contribution in [0.1, 0.15) is 37.2 Å². The monoisotopic (exact) mass is 279 g/mol. The first-order valence-electron chi connectivity index (χ1n) is 6.96. The summed E-state index contributed by atoms with van der Waals surface area (Å²) in [6.45, 7) is 5.10. The summed E-state index contributed by atoms with van der Waals surface area (Å²) in [5.74, 6) is 0.286. The number of carbonyl (C=O) groups is 2. The molecule has 0 atom stereocenters. The van der Waals surface area contributed by atoms with Crippen molar-refractivity contribution < 1.29 is 14.0 Å². The maximum absolute atomic E-state index is 12.1. The molecule has 20 heavy (non-hydrogen) atoms. The Morgan fingerprint density at radius 2 is 2.05 bits per heavy atom. The van der Waals surface area contributed by atoms with Crippen molar-refractivity contribution in [3.8, 4) is 0 Å². The average Bonchev–Trinajstić information content (AvgIpc) is 2.91. The summed E-state index contributed by atoms with van der Waals surface area (Å²) in [7, 11) is 0. The van der Waals surface area contributed by atoms with Gasteiger partial charge in [-0.05, 0) is 38.8 Å². The molecule has 1 aromatic heterocycles. The quantitative estimate of drug-likeness (QED) is 0.882. The van der Waals surface area contributed by atoms with E-state index in [9.17, 15) is 9.59 Å². The Kier molecular flexibility index (Phi) is 4.65. The summed E-state index contributed by atoms with van der Waals surface area (Å²) >= 11 is 0. The van der Waals surface area contributed by atoms with Crippen molar-refractivity contribution in [2.24, 2.45) is 0 Å². The first kappa shape index (κ1) is 14.4. The lowest BCUT2D eigenvalue weighted by Gasteiger charge is -2.32. The van der Waals surface area contributed by atoms with Gasteiger partial charge in [-0.3, -0.25) is 4.79 Å². The van der Waals surface area contributed by atoms with Crippen LogP contribution in [0.4, 0.5) is 4.79 Å². The first-order chi connectivity index (χ1) is 9.56. The van der Waals surface area contributed by atoms with Crippen molar-refractivity contribution in [3.63, 3.8) is 0 Å². The fourth-order valence-electron chi connectivity index (χ4n) is 2.27. The minimum Gasteiger partial charge on any atom is -0.459 e. The van der Waals surface area contributed by atoms with Crippen molar-refractivity contribution in [2.45, 2.75) is 38.8 Å². The SMILES string of the molecule is CC(C)NC(=O)NC1CCN(C(=O)c2ccco2)CC1. The van der Waals surface area contributed by atoms with Crippen LogP contribution in [-0.2, 0) is 0 Å². The third-order valence-electron chi connectivity index (χ3n) is 3.27. The van der Waals surface area contributed by atoms with Gasteiger partial charge in [-0.25, -0.2) is 4.79 Å². The molecule has 0 aliphatic carbocycles. The summed E-state index contributed by atoms with van der Waals surface area (Å²) in [5, 5.41) is 5.73. The molecule has 1 aliphatic rings. The third-order valence-corrected chi connectivity index (χ3v) is 3.27. The number of carbonyl (C=O) groups excluding carboxylic acids is 2. The van der Waals surface area contributed by atoms with E-state index in [-0.39, 0.29) is 24.0 Å². The standard InChI is InChI=1S/C14H21N3O3/c1-10(2)15-14(19)16-11-5-7-17(8-6-11)13(18)12-4-3-9-20-12/h3-4,9-11H,5-8H2,1-2H3,(H2,15,16,19). The number of hydrogen-bond acceptors (Lipinski definition) is 3. The number of urea groups is 1. The van der Waals surface area contributed by atoms with Crippen molar-refractivity contribution in [2.75, 3.05) is 13.1 Å². The predicted molar refractivity (Wildman–Crippen MR) is 74.4 cm³/mol. The summed E-state index contributed by atoms with van der Waals surface area (Å²) in [6.07, 6.45) is 3.02. The minimum absolute atomic E-state index is 0.0833. The van der Waals surface area contributed by atoms with Gasteiger partial charge in [-0.1, -0.05) is 0 Å². The lowest BCUT2D eigenvalue weighted by atomic mass is 10.0. The van der Waals surface area contributed by atoms with Gasteiger partial charge >= 0.3 is 6.03 Å². The molecule has 0 saturated carbocycles. The van der Waals surface area contributed by atoms with Crippen LogP contribution >= 0.6 is 0 Å². The van der Waals surface area contributed by atoms with Gasteiger partial charge in [0.05, 0.1) is 6.26 Å². The zero-order chi connectivity index (χ0) is 14.5. The van der Waals surface area contributed by atoms with E-state index in [1.165, 1.54) is 6.26 Å². The Morgan fingerprint density at radius 3 is 2.60 bits per heavy atom. The van der Waals surface area contributed by atoms with Crippen LogP contribution in [0.15, 0.2) is 22.8 Å². The second kappa shape index (κ2) is 6.45. The molecule has 110 valence electrons. The average molecular weight is 279 g/mol. The van der Waals surface area contributed by atoms with Crippen LogP contribution < -0.4 is 10.6 Å². The minimum atomic E-state index is -0.143. The highest BCUT2D eigenvalue weighted by Gasteiger charge is 2.25. The number of amides is 3. The number of nitrogens with one attached hydrogen (secondary N) is 2. The van der Waals surface area contributed by atoms with E-state index in [2.05, 4.69) is 10.6 Å². The summed E-state index contributed by atoms with van der Waals surface area (Å²) in [6, 6.07) is 3.47. The molecule has 0 unspecified atom stereocenters. The van der Waals surface area contributed by atoms with Crippen molar-refractivity contribution >= 4 is 11.9 Å². The van der Waals surface area contributed by atoms with Gasteiger partial charge < -0.3 is 20.0 Å². The van der Waals surface area contributed by atoms with E-state index in [1.54, 1.807) is 17.0 Å². The fourth-order valence-corrected chi connectivity index (χ4v) is 2.27. The molecule has 1 saturated heterocycles. The van der Waals surface area contributed by atoms with Gasteiger partial charge in [-0.15, -0.1) is 0 Å². The Hall–Kier alpha value is -1.98. The van der Waals surface area contributed by atoms with Crippen molar-refractivity contribution in [1.82, 2.24) is 15.5 Å². The smallest absolute Gasteiger partial charge is 0.315 e. The first-order valence-corrected chi connectivity index (χ1v) is 6.96. The Labute approximate surface area is 118 Å². The van der Waals surface area contributed by atoms with E-state index in [0.717, 1.165) is 12.8 Å². The maximum Gasteiger partial charge on any atom is 0.315 e. The van der Waals surface area contributed by atoms with Crippen LogP contribution in [0, 0.1) is 0 Å². The molecule has 2 rings (SSSR count). The second-order valence-electron chi connectivity index (χ2n) is 5.32. The maximum atomic E-state index is 12.1. The van der Waals surface area contributed by atoms with E-state index < -0.39 is 0 Å². The molecule has 6 nitrogen and oxygen atoms in total. The van der Waals surface area contributed by atoms with Gasteiger partial charge in [0.1, 0.15) is 0 Å². The number of rotatable bonds is 3. The molecular formula is C14H21N3O3. The molecule has 1 aliphatic heterocycles. The molecule has 2 N–H and O–H groups in total. The van der Waals surface area contributed by atoms with E-state index >= 15 is 0 Å². The molecule has 0 radical (unpaired) electrons. The molecule has 1 fully saturated rings. The van der Waals surface area contributed by atoms with Gasteiger partial charge in [0.2, 0.25) is 0 Å².